The van der Waals surface area contributed by atoms with Gasteiger partial charge < -0.3 is 4.90 Å². The molecule has 2 aliphatic rings. The zero-order valence-corrected chi connectivity index (χ0v) is 17.3. The Kier molecular flexibility index (Phi) is 6.37. The second-order valence-corrected chi connectivity index (χ2v) is 10.9. The molecular formula is C18H29N3O3S2. The van der Waals surface area contributed by atoms with E-state index >= 15 is 0 Å². The summed E-state index contributed by atoms with van der Waals surface area (Å²) in [5.74, 6) is 0.737. The van der Waals surface area contributed by atoms with E-state index in [1.54, 1.807) is 16.4 Å². The summed E-state index contributed by atoms with van der Waals surface area (Å²) in [5, 5.41) is 0. The van der Waals surface area contributed by atoms with E-state index in [2.05, 4.69) is 18.7 Å². The van der Waals surface area contributed by atoms with Crippen molar-refractivity contribution in [2.75, 3.05) is 45.8 Å². The Hall–Kier alpha value is -0.960. The molecule has 0 aromatic carbocycles. The van der Waals surface area contributed by atoms with E-state index in [0.29, 0.717) is 29.6 Å². The van der Waals surface area contributed by atoms with Crippen LogP contribution in [0.5, 0.6) is 0 Å². The van der Waals surface area contributed by atoms with Crippen molar-refractivity contribution in [1.82, 2.24) is 14.1 Å². The van der Waals surface area contributed by atoms with Crippen LogP contribution in [-0.2, 0) is 21.2 Å². The van der Waals surface area contributed by atoms with Gasteiger partial charge in [0, 0.05) is 50.7 Å². The third-order valence-corrected chi connectivity index (χ3v) is 8.42. The summed E-state index contributed by atoms with van der Waals surface area (Å²) in [4.78, 5) is 17.7. The van der Waals surface area contributed by atoms with Gasteiger partial charge in [0.2, 0.25) is 5.91 Å². The lowest BCUT2D eigenvalue weighted by Crippen LogP contribution is -2.49. The Morgan fingerprint density at radius 2 is 1.73 bits per heavy atom. The van der Waals surface area contributed by atoms with Crippen molar-refractivity contribution in [3.8, 4) is 0 Å². The molecule has 3 heterocycles. The van der Waals surface area contributed by atoms with Gasteiger partial charge in [-0.05, 0) is 30.9 Å². The highest BCUT2D eigenvalue weighted by Crippen LogP contribution is 2.27. The van der Waals surface area contributed by atoms with Crippen molar-refractivity contribution in [3.05, 3.63) is 17.0 Å². The number of hydrogen-bond donors (Lipinski definition) is 0. The Morgan fingerprint density at radius 1 is 1.08 bits per heavy atom. The van der Waals surface area contributed by atoms with Gasteiger partial charge in [-0.3, -0.25) is 9.69 Å². The van der Waals surface area contributed by atoms with Crippen molar-refractivity contribution >= 4 is 27.3 Å². The van der Waals surface area contributed by atoms with E-state index < -0.39 is 10.0 Å². The fourth-order valence-corrected chi connectivity index (χ4v) is 6.62. The minimum atomic E-state index is -3.38. The van der Waals surface area contributed by atoms with E-state index in [1.807, 2.05) is 4.90 Å². The molecule has 8 heteroatoms. The largest absolute Gasteiger partial charge is 0.340 e. The molecule has 146 valence electrons. The number of piperazine rings is 1. The van der Waals surface area contributed by atoms with Crippen LogP contribution in [0.15, 0.2) is 16.3 Å². The van der Waals surface area contributed by atoms with Crippen LogP contribution >= 0.6 is 11.3 Å². The van der Waals surface area contributed by atoms with Crippen LogP contribution < -0.4 is 0 Å². The molecule has 3 rings (SSSR count). The maximum atomic E-state index is 12.6. The molecule has 0 bridgehead atoms. The Labute approximate surface area is 160 Å². The average Bonchev–Trinajstić information content (AvgIpc) is 3.27. The molecule has 1 aromatic heterocycles. The molecule has 2 fully saturated rings. The van der Waals surface area contributed by atoms with Gasteiger partial charge in [-0.1, -0.05) is 13.8 Å². The second kappa shape index (κ2) is 8.37. The van der Waals surface area contributed by atoms with Crippen LogP contribution in [0.2, 0.25) is 0 Å². The molecule has 6 nitrogen and oxygen atoms in total. The third-order valence-electron chi connectivity index (χ3n) is 4.97. The van der Waals surface area contributed by atoms with Crippen LogP contribution in [0.3, 0.4) is 0 Å². The molecule has 0 atom stereocenters. The number of carbonyl (C=O) groups excluding carboxylic acids is 1. The standard InChI is InChI=1S/C18H29N3O3S2/c1-15(2)14-19-9-11-20(12-10-19)17(22)13-16-5-6-18(25-16)26(23,24)21-7-3-4-8-21/h5-6,15H,3-4,7-14H2,1-2H3. The van der Waals surface area contributed by atoms with Crippen LogP contribution in [-0.4, -0.2) is 74.2 Å². The lowest BCUT2D eigenvalue weighted by atomic mass is 10.2. The van der Waals surface area contributed by atoms with Crippen molar-refractivity contribution in [2.24, 2.45) is 5.92 Å². The van der Waals surface area contributed by atoms with E-state index in [1.165, 1.54) is 11.3 Å². The number of carbonyl (C=O) groups is 1. The molecule has 2 saturated heterocycles. The molecule has 0 spiro atoms. The van der Waals surface area contributed by atoms with Crippen LogP contribution in [0, 0.1) is 5.92 Å². The molecule has 1 aromatic rings. The van der Waals surface area contributed by atoms with Crippen LogP contribution in [0.25, 0.3) is 0 Å². The summed E-state index contributed by atoms with van der Waals surface area (Å²) in [5.41, 5.74) is 0. The lowest BCUT2D eigenvalue weighted by Gasteiger charge is -2.35. The first-order valence-electron chi connectivity index (χ1n) is 9.45. The molecule has 26 heavy (non-hydrogen) atoms. The maximum absolute atomic E-state index is 12.6. The van der Waals surface area contributed by atoms with E-state index in [-0.39, 0.29) is 5.91 Å². The van der Waals surface area contributed by atoms with Crippen LogP contribution in [0.1, 0.15) is 31.6 Å². The smallest absolute Gasteiger partial charge is 0.252 e. The topological polar surface area (TPSA) is 60.9 Å². The fourth-order valence-electron chi connectivity index (χ4n) is 3.60. The summed E-state index contributed by atoms with van der Waals surface area (Å²) in [6.45, 7) is 10.1. The molecule has 0 saturated carbocycles. The maximum Gasteiger partial charge on any atom is 0.252 e. The summed E-state index contributed by atoms with van der Waals surface area (Å²) in [6, 6.07) is 3.45. The van der Waals surface area contributed by atoms with Gasteiger partial charge in [-0.25, -0.2) is 8.42 Å². The highest BCUT2D eigenvalue weighted by atomic mass is 32.2. The number of rotatable bonds is 6. The minimum Gasteiger partial charge on any atom is -0.340 e. The number of nitrogens with zero attached hydrogens (tertiary/aromatic N) is 3. The first-order valence-corrected chi connectivity index (χ1v) is 11.7. The number of thiophene rings is 1. The first-order chi connectivity index (χ1) is 12.4. The van der Waals surface area contributed by atoms with Gasteiger partial charge in [0.1, 0.15) is 4.21 Å². The summed E-state index contributed by atoms with van der Waals surface area (Å²) in [7, 11) is -3.38. The van der Waals surface area contributed by atoms with Gasteiger partial charge in [0.25, 0.3) is 10.0 Å². The monoisotopic (exact) mass is 399 g/mol. The van der Waals surface area contributed by atoms with Crippen molar-refractivity contribution in [1.29, 1.82) is 0 Å². The van der Waals surface area contributed by atoms with E-state index in [4.69, 9.17) is 0 Å². The summed E-state index contributed by atoms with van der Waals surface area (Å²) < 4.78 is 27.1. The SMILES string of the molecule is CC(C)CN1CCN(C(=O)Cc2ccc(S(=O)(=O)N3CCCC3)s2)CC1. The molecular weight excluding hydrogens is 370 g/mol. The van der Waals surface area contributed by atoms with Gasteiger partial charge in [0.05, 0.1) is 6.42 Å². The van der Waals surface area contributed by atoms with Gasteiger partial charge in [-0.2, -0.15) is 4.31 Å². The predicted octanol–water partition coefficient (Wildman–Crippen LogP) is 1.88. The third kappa shape index (κ3) is 4.65. The van der Waals surface area contributed by atoms with Gasteiger partial charge in [0.15, 0.2) is 0 Å². The Balaban J connectivity index is 1.55. The summed E-state index contributed by atoms with van der Waals surface area (Å²) >= 11 is 1.24. The molecule has 2 aliphatic heterocycles. The average molecular weight is 400 g/mol. The van der Waals surface area contributed by atoms with Gasteiger partial charge in [-0.15, -0.1) is 11.3 Å². The van der Waals surface area contributed by atoms with E-state index in [0.717, 1.165) is 50.4 Å². The number of sulfonamides is 1. The fraction of sp³-hybridized carbons (Fsp3) is 0.722. The molecule has 0 unspecified atom stereocenters. The zero-order valence-electron chi connectivity index (χ0n) is 15.7. The highest BCUT2D eigenvalue weighted by molar-refractivity contribution is 7.91. The Morgan fingerprint density at radius 3 is 2.35 bits per heavy atom. The minimum absolute atomic E-state index is 0.0983. The Bertz CT molecular complexity index is 716. The number of amides is 1. The molecule has 0 radical (unpaired) electrons. The summed E-state index contributed by atoms with van der Waals surface area (Å²) in [6.07, 6.45) is 2.15. The molecule has 0 aliphatic carbocycles. The zero-order chi connectivity index (χ0) is 18.7. The normalized spacial score (nSPS) is 20.2. The van der Waals surface area contributed by atoms with E-state index in [9.17, 15) is 13.2 Å². The van der Waals surface area contributed by atoms with Crippen LogP contribution in [0.4, 0.5) is 0 Å². The van der Waals surface area contributed by atoms with Gasteiger partial charge >= 0.3 is 0 Å². The lowest BCUT2D eigenvalue weighted by molar-refractivity contribution is -0.132. The highest BCUT2D eigenvalue weighted by Gasteiger charge is 2.29. The number of hydrogen-bond acceptors (Lipinski definition) is 5. The van der Waals surface area contributed by atoms with Crippen molar-refractivity contribution < 1.29 is 13.2 Å². The quantitative estimate of drug-likeness (QED) is 0.733. The van der Waals surface area contributed by atoms with Crippen molar-refractivity contribution in [2.45, 2.75) is 37.3 Å². The predicted molar refractivity (Wildman–Crippen MR) is 104 cm³/mol. The molecule has 1 amide bonds. The molecule has 0 N–H and O–H groups in total. The van der Waals surface area contributed by atoms with Crippen molar-refractivity contribution in [3.63, 3.8) is 0 Å². The second-order valence-electron chi connectivity index (χ2n) is 7.58. The first kappa shape index (κ1) is 19.8.